The number of carbonyl (C=O) groups excluding carboxylic acids is 2. The van der Waals surface area contributed by atoms with Crippen LogP contribution in [0.3, 0.4) is 0 Å². The maximum absolute atomic E-state index is 12.4. The number of alkyl halides is 4. The van der Waals surface area contributed by atoms with Gasteiger partial charge in [-0.2, -0.15) is 18.3 Å². The van der Waals surface area contributed by atoms with Crippen molar-refractivity contribution in [1.82, 2.24) is 10.3 Å². The topological polar surface area (TPSA) is 87.8 Å². The number of amides is 4. The molecule has 1 rings (SSSR count). The predicted molar refractivity (Wildman–Crippen MR) is 74.6 cm³/mol. The molecule has 0 heterocycles. The molecular formula is C12H12ClF3N4O2. The third-order valence-electron chi connectivity index (χ3n) is 2.33. The van der Waals surface area contributed by atoms with Crippen molar-refractivity contribution < 1.29 is 22.8 Å². The molecule has 0 aromatic heterocycles. The van der Waals surface area contributed by atoms with Crippen LogP contribution in [0.15, 0.2) is 29.4 Å². The summed E-state index contributed by atoms with van der Waals surface area (Å²) in [6, 6.07) is 1.95. The van der Waals surface area contributed by atoms with Crippen LogP contribution < -0.4 is 11.1 Å². The van der Waals surface area contributed by atoms with E-state index in [1.54, 1.807) is 0 Å². The van der Waals surface area contributed by atoms with Crippen LogP contribution in [-0.4, -0.2) is 35.7 Å². The summed E-state index contributed by atoms with van der Waals surface area (Å²) in [5.41, 5.74) is 4.42. The molecule has 0 fully saturated rings. The number of urea groups is 2. The molecule has 0 aliphatic carbocycles. The normalized spacial score (nSPS) is 11.5. The fourth-order valence-corrected chi connectivity index (χ4v) is 1.42. The SMILES string of the molecule is NC(=O)N(N=Cc1ccc(C(F)(F)F)cc1)C(=O)NCCCl. The molecule has 1 aromatic carbocycles. The number of imide groups is 1. The number of halogens is 4. The summed E-state index contributed by atoms with van der Waals surface area (Å²) in [4.78, 5) is 22.6. The Kier molecular flexibility index (Phi) is 6.17. The summed E-state index contributed by atoms with van der Waals surface area (Å²) in [5, 5.41) is 6.14. The second-order valence-electron chi connectivity index (χ2n) is 3.94. The van der Waals surface area contributed by atoms with E-state index < -0.39 is 23.8 Å². The first-order chi connectivity index (χ1) is 10.3. The molecule has 0 unspecified atom stereocenters. The second kappa shape index (κ2) is 7.64. The Bertz CT molecular complexity index is 560. The van der Waals surface area contributed by atoms with Crippen LogP contribution >= 0.6 is 11.6 Å². The Morgan fingerprint density at radius 1 is 1.32 bits per heavy atom. The molecule has 22 heavy (non-hydrogen) atoms. The molecule has 0 saturated heterocycles. The van der Waals surface area contributed by atoms with E-state index in [4.69, 9.17) is 17.3 Å². The van der Waals surface area contributed by atoms with Crippen molar-refractivity contribution in [1.29, 1.82) is 0 Å². The number of benzene rings is 1. The fraction of sp³-hybridized carbons (Fsp3) is 0.250. The quantitative estimate of drug-likeness (QED) is 0.502. The minimum Gasteiger partial charge on any atom is -0.350 e. The number of hydrazone groups is 1. The van der Waals surface area contributed by atoms with Crippen LogP contribution in [0.25, 0.3) is 0 Å². The molecule has 0 radical (unpaired) electrons. The Morgan fingerprint density at radius 3 is 2.36 bits per heavy atom. The Hall–Kier alpha value is -2.29. The molecule has 4 amide bonds. The molecule has 0 aliphatic rings. The molecule has 1 aromatic rings. The number of carbonyl (C=O) groups is 2. The Labute approximate surface area is 128 Å². The van der Waals surface area contributed by atoms with Crippen LogP contribution in [0.5, 0.6) is 0 Å². The van der Waals surface area contributed by atoms with Crippen molar-refractivity contribution in [2.75, 3.05) is 12.4 Å². The number of nitrogens with one attached hydrogen (secondary N) is 1. The summed E-state index contributed by atoms with van der Waals surface area (Å²) < 4.78 is 37.2. The van der Waals surface area contributed by atoms with Crippen LogP contribution in [0, 0.1) is 0 Å². The highest BCUT2D eigenvalue weighted by Crippen LogP contribution is 2.28. The first kappa shape index (κ1) is 17.8. The zero-order chi connectivity index (χ0) is 16.8. The minimum absolute atomic E-state index is 0.0972. The van der Waals surface area contributed by atoms with Crippen molar-refractivity contribution in [2.45, 2.75) is 6.18 Å². The van der Waals surface area contributed by atoms with E-state index in [1.165, 1.54) is 0 Å². The maximum Gasteiger partial charge on any atom is 0.416 e. The van der Waals surface area contributed by atoms with E-state index >= 15 is 0 Å². The van der Waals surface area contributed by atoms with Crippen molar-refractivity contribution in [3.63, 3.8) is 0 Å². The van der Waals surface area contributed by atoms with Crippen molar-refractivity contribution in [3.8, 4) is 0 Å². The zero-order valence-electron chi connectivity index (χ0n) is 11.1. The molecule has 6 nitrogen and oxygen atoms in total. The number of hydrogen-bond acceptors (Lipinski definition) is 3. The monoisotopic (exact) mass is 336 g/mol. The average Bonchev–Trinajstić information content (AvgIpc) is 2.44. The van der Waals surface area contributed by atoms with Crippen molar-refractivity contribution >= 4 is 29.9 Å². The van der Waals surface area contributed by atoms with Gasteiger partial charge in [-0.15, -0.1) is 16.6 Å². The van der Waals surface area contributed by atoms with Crippen molar-refractivity contribution in [2.24, 2.45) is 10.8 Å². The maximum atomic E-state index is 12.4. The average molecular weight is 337 g/mol. The molecule has 3 N–H and O–H groups in total. The molecule has 0 atom stereocenters. The lowest BCUT2D eigenvalue weighted by Crippen LogP contribution is -2.43. The zero-order valence-corrected chi connectivity index (χ0v) is 11.9. The summed E-state index contributed by atoms with van der Waals surface area (Å²) in [5.74, 6) is 0.126. The van der Waals surface area contributed by atoms with Gasteiger partial charge >= 0.3 is 18.2 Å². The molecule has 0 aliphatic heterocycles. The standard InChI is InChI=1S/C12H12ClF3N4O2/c13-5-6-18-11(22)20(10(17)21)19-7-8-1-3-9(4-2-8)12(14,15)16/h1-4,7H,5-6H2,(H2,17,21)(H,18,22). The molecule has 120 valence electrons. The van der Waals surface area contributed by atoms with Gasteiger partial charge in [-0.05, 0) is 17.7 Å². The number of nitrogens with two attached hydrogens (primary N) is 1. The van der Waals surface area contributed by atoms with Gasteiger partial charge in [0.2, 0.25) is 0 Å². The van der Waals surface area contributed by atoms with E-state index in [0.717, 1.165) is 30.5 Å². The highest BCUT2D eigenvalue weighted by molar-refractivity contribution is 6.18. The summed E-state index contributed by atoms with van der Waals surface area (Å²) in [7, 11) is 0. The van der Waals surface area contributed by atoms with E-state index in [1.807, 2.05) is 0 Å². The van der Waals surface area contributed by atoms with Gasteiger partial charge in [0.25, 0.3) is 0 Å². The molecule has 10 heteroatoms. The molecule has 0 bridgehead atoms. The lowest BCUT2D eigenvalue weighted by molar-refractivity contribution is -0.137. The van der Waals surface area contributed by atoms with E-state index in [2.05, 4.69) is 10.4 Å². The van der Waals surface area contributed by atoms with Crippen LogP contribution in [0.1, 0.15) is 11.1 Å². The van der Waals surface area contributed by atoms with Crippen LogP contribution in [0.4, 0.5) is 22.8 Å². The van der Waals surface area contributed by atoms with Gasteiger partial charge in [0.05, 0.1) is 11.8 Å². The largest absolute Gasteiger partial charge is 0.416 e. The summed E-state index contributed by atoms with van der Waals surface area (Å²) in [6.07, 6.45) is -3.42. The molecular weight excluding hydrogens is 325 g/mol. The number of nitrogens with zero attached hydrogens (tertiary/aromatic N) is 2. The highest BCUT2D eigenvalue weighted by atomic mass is 35.5. The summed E-state index contributed by atoms with van der Waals surface area (Å²) in [6.45, 7) is 0.0972. The molecule has 0 saturated carbocycles. The van der Waals surface area contributed by atoms with Gasteiger partial charge in [-0.25, -0.2) is 9.59 Å². The molecule has 0 spiro atoms. The van der Waals surface area contributed by atoms with E-state index in [-0.39, 0.29) is 18.0 Å². The van der Waals surface area contributed by atoms with Crippen LogP contribution in [0.2, 0.25) is 0 Å². The fourth-order valence-electron chi connectivity index (χ4n) is 1.32. The first-order valence-electron chi connectivity index (χ1n) is 5.90. The smallest absolute Gasteiger partial charge is 0.350 e. The number of rotatable bonds is 4. The van der Waals surface area contributed by atoms with Crippen molar-refractivity contribution in [3.05, 3.63) is 35.4 Å². The second-order valence-corrected chi connectivity index (χ2v) is 4.31. The van der Waals surface area contributed by atoms with Gasteiger partial charge in [-0.1, -0.05) is 12.1 Å². The Balaban J connectivity index is 2.83. The van der Waals surface area contributed by atoms with E-state index in [0.29, 0.717) is 5.01 Å². The third kappa shape index (κ3) is 5.24. The van der Waals surface area contributed by atoms with Gasteiger partial charge < -0.3 is 11.1 Å². The van der Waals surface area contributed by atoms with Crippen LogP contribution in [-0.2, 0) is 6.18 Å². The number of hydrogen-bond donors (Lipinski definition) is 2. The first-order valence-corrected chi connectivity index (χ1v) is 6.43. The number of primary amides is 1. The third-order valence-corrected chi connectivity index (χ3v) is 2.52. The van der Waals surface area contributed by atoms with Gasteiger partial charge in [0, 0.05) is 12.4 Å². The highest BCUT2D eigenvalue weighted by Gasteiger charge is 2.29. The lowest BCUT2D eigenvalue weighted by Gasteiger charge is -2.12. The summed E-state index contributed by atoms with van der Waals surface area (Å²) >= 11 is 5.37. The van der Waals surface area contributed by atoms with Gasteiger partial charge in [0.1, 0.15) is 0 Å². The minimum atomic E-state index is -4.45. The Morgan fingerprint density at radius 2 is 1.91 bits per heavy atom. The van der Waals surface area contributed by atoms with E-state index in [9.17, 15) is 22.8 Å². The lowest BCUT2D eigenvalue weighted by atomic mass is 10.1. The van der Waals surface area contributed by atoms with Gasteiger partial charge in [0.15, 0.2) is 0 Å². The van der Waals surface area contributed by atoms with Gasteiger partial charge in [-0.3, -0.25) is 0 Å². The predicted octanol–water partition coefficient (Wildman–Crippen LogP) is 2.37.